The van der Waals surface area contributed by atoms with Crippen LogP contribution in [0.3, 0.4) is 0 Å². The zero-order valence-electron chi connectivity index (χ0n) is 5.41. The summed E-state index contributed by atoms with van der Waals surface area (Å²) in [5.74, 6) is -0.386. The highest BCUT2D eigenvalue weighted by atomic mass is 32.1. The Balaban J connectivity index is 2.82. The summed E-state index contributed by atoms with van der Waals surface area (Å²) in [5, 5.41) is 0.415. The van der Waals surface area contributed by atoms with E-state index in [1.54, 1.807) is 0 Å². The molecule has 0 fully saturated rings. The summed E-state index contributed by atoms with van der Waals surface area (Å²) in [6, 6.07) is 1.31. The lowest BCUT2D eigenvalue weighted by Crippen LogP contribution is -1.80. The van der Waals surface area contributed by atoms with E-state index in [1.807, 2.05) is 0 Å². The van der Waals surface area contributed by atoms with Crippen molar-refractivity contribution >= 4 is 26.8 Å². The van der Waals surface area contributed by atoms with E-state index in [0.717, 1.165) is 6.20 Å². The number of halogens is 1. The predicted octanol–water partition coefficient (Wildman–Crippen LogP) is 1.41. The molecule has 0 aliphatic rings. The first-order chi connectivity index (χ1) is 5.25. The minimum absolute atomic E-state index is 0.386. The second kappa shape index (κ2) is 2.13. The van der Waals surface area contributed by atoms with Crippen molar-refractivity contribution in [3.05, 3.63) is 18.1 Å². The number of nitrogens with zero attached hydrogens (tertiary/aromatic N) is 2. The van der Waals surface area contributed by atoms with Gasteiger partial charge in [0.15, 0.2) is 5.13 Å². The lowest BCUT2D eigenvalue weighted by molar-refractivity contribution is 0.624. The smallest absolute Gasteiger partial charge is 0.182 e. The third-order valence-electron chi connectivity index (χ3n) is 1.23. The molecule has 0 spiro atoms. The molecular weight excluding hydrogens is 165 g/mol. The average molecular weight is 169 g/mol. The number of anilines is 1. The Morgan fingerprint density at radius 3 is 3.18 bits per heavy atom. The molecule has 2 aromatic rings. The van der Waals surface area contributed by atoms with Gasteiger partial charge in [-0.15, -0.1) is 0 Å². The summed E-state index contributed by atoms with van der Waals surface area (Å²) >= 11 is 1.25. The molecule has 2 aromatic heterocycles. The SMILES string of the molecule is Nc1nc2cc(F)cnc2s1. The number of fused-ring (bicyclic) bond motifs is 1. The van der Waals surface area contributed by atoms with Gasteiger partial charge in [-0.3, -0.25) is 0 Å². The predicted molar refractivity (Wildman–Crippen MR) is 41.8 cm³/mol. The van der Waals surface area contributed by atoms with E-state index in [1.165, 1.54) is 17.4 Å². The van der Waals surface area contributed by atoms with E-state index in [0.29, 0.717) is 15.5 Å². The van der Waals surface area contributed by atoms with Crippen LogP contribution in [-0.2, 0) is 0 Å². The Morgan fingerprint density at radius 1 is 1.55 bits per heavy atom. The van der Waals surface area contributed by atoms with Gasteiger partial charge in [-0.25, -0.2) is 14.4 Å². The third-order valence-corrected chi connectivity index (χ3v) is 2.04. The fourth-order valence-electron chi connectivity index (χ4n) is 0.815. The van der Waals surface area contributed by atoms with Crippen molar-refractivity contribution in [2.24, 2.45) is 0 Å². The number of thiazole rings is 1. The minimum atomic E-state index is -0.386. The largest absolute Gasteiger partial charge is 0.375 e. The normalized spacial score (nSPS) is 10.6. The second-order valence-electron chi connectivity index (χ2n) is 2.03. The number of aromatic nitrogens is 2. The molecular formula is C6H4FN3S. The first kappa shape index (κ1) is 6.48. The number of pyridine rings is 1. The van der Waals surface area contributed by atoms with Crippen LogP contribution in [0.15, 0.2) is 12.3 Å². The highest BCUT2D eigenvalue weighted by molar-refractivity contribution is 7.21. The molecule has 0 aliphatic heterocycles. The van der Waals surface area contributed by atoms with Crippen molar-refractivity contribution in [1.29, 1.82) is 0 Å². The molecule has 0 saturated heterocycles. The zero-order valence-corrected chi connectivity index (χ0v) is 6.23. The van der Waals surface area contributed by atoms with Crippen LogP contribution >= 0.6 is 11.3 Å². The van der Waals surface area contributed by atoms with Crippen molar-refractivity contribution < 1.29 is 4.39 Å². The van der Waals surface area contributed by atoms with E-state index in [2.05, 4.69) is 9.97 Å². The highest BCUT2D eigenvalue weighted by Gasteiger charge is 2.01. The molecule has 3 nitrogen and oxygen atoms in total. The van der Waals surface area contributed by atoms with Crippen LogP contribution in [0.1, 0.15) is 0 Å². The van der Waals surface area contributed by atoms with Crippen LogP contribution in [0.25, 0.3) is 10.3 Å². The summed E-state index contributed by atoms with van der Waals surface area (Å²) in [7, 11) is 0. The first-order valence-corrected chi connectivity index (χ1v) is 3.75. The Bertz CT molecular complexity index is 398. The first-order valence-electron chi connectivity index (χ1n) is 2.93. The molecule has 56 valence electrons. The summed E-state index contributed by atoms with van der Waals surface area (Å²) in [5.41, 5.74) is 5.91. The number of hydrogen-bond donors (Lipinski definition) is 1. The number of nitrogen functional groups attached to an aromatic ring is 1. The lowest BCUT2D eigenvalue weighted by Gasteiger charge is -1.84. The Morgan fingerprint density at radius 2 is 2.36 bits per heavy atom. The van der Waals surface area contributed by atoms with Crippen LogP contribution in [-0.4, -0.2) is 9.97 Å². The molecule has 0 unspecified atom stereocenters. The van der Waals surface area contributed by atoms with Gasteiger partial charge in [-0.05, 0) is 0 Å². The van der Waals surface area contributed by atoms with E-state index in [4.69, 9.17) is 5.73 Å². The van der Waals surface area contributed by atoms with Gasteiger partial charge in [0.25, 0.3) is 0 Å². The number of nitrogens with two attached hydrogens (primary N) is 1. The minimum Gasteiger partial charge on any atom is -0.375 e. The van der Waals surface area contributed by atoms with Crippen LogP contribution < -0.4 is 5.73 Å². The van der Waals surface area contributed by atoms with E-state index < -0.39 is 0 Å². The highest BCUT2D eigenvalue weighted by Crippen LogP contribution is 2.21. The molecule has 0 atom stereocenters. The van der Waals surface area contributed by atoms with Gasteiger partial charge in [-0.1, -0.05) is 11.3 Å². The summed E-state index contributed by atoms with van der Waals surface area (Å²) in [6.07, 6.45) is 1.15. The maximum atomic E-state index is 12.5. The van der Waals surface area contributed by atoms with Crippen LogP contribution in [0.5, 0.6) is 0 Å². The van der Waals surface area contributed by atoms with Crippen LogP contribution in [0.4, 0.5) is 9.52 Å². The summed E-state index contributed by atoms with van der Waals surface area (Å²) in [6.45, 7) is 0. The Labute approximate surface area is 65.7 Å². The van der Waals surface area contributed by atoms with Gasteiger partial charge < -0.3 is 5.73 Å². The lowest BCUT2D eigenvalue weighted by atomic mass is 10.4. The van der Waals surface area contributed by atoms with Crippen LogP contribution in [0.2, 0.25) is 0 Å². The third kappa shape index (κ3) is 1.03. The second-order valence-corrected chi connectivity index (χ2v) is 3.04. The Kier molecular flexibility index (Phi) is 1.25. The fraction of sp³-hybridized carbons (Fsp3) is 0. The molecule has 11 heavy (non-hydrogen) atoms. The maximum Gasteiger partial charge on any atom is 0.182 e. The monoisotopic (exact) mass is 169 g/mol. The van der Waals surface area contributed by atoms with Crippen molar-refractivity contribution in [3.63, 3.8) is 0 Å². The fourth-order valence-corrected chi connectivity index (χ4v) is 1.47. The van der Waals surface area contributed by atoms with Gasteiger partial charge in [0.1, 0.15) is 16.2 Å². The topological polar surface area (TPSA) is 51.8 Å². The van der Waals surface area contributed by atoms with Gasteiger partial charge in [0.05, 0.1) is 6.20 Å². The van der Waals surface area contributed by atoms with E-state index in [-0.39, 0.29) is 5.82 Å². The summed E-state index contributed by atoms with van der Waals surface area (Å²) < 4.78 is 12.5. The summed E-state index contributed by atoms with van der Waals surface area (Å²) in [4.78, 5) is 8.34. The van der Waals surface area contributed by atoms with Crippen molar-refractivity contribution in [1.82, 2.24) is 9.97 Å². The van der Waals surface area contributed by atoms with Gasteiger partial charge >= 0.3 is 0 Å². The number of rotatable bonds is 0. The van der Waals surface area contributed by atoms with Crippen molar-refractivity contribution in [2.75, 3.05) is 5.73 Å². The van der Waals surface area contributed by atoms with Gasteiger partial charge in [0, 0.05) is 6.07 Å². The van der Waals surface area contributed by atoms with E-state index >= 15 is 0 Å². The average Bonchev–Trinajstić information content (AvgIpc) is 2.27. The zero-order chi connectivity index (χ0) is 7.84. The molecule has 0 radical (unpaired) electrons. The molecule has 0 aliphatic carbocycles. The van der Waals surface area contributed by atoms with Crippen molar-refractivity contribution in [3.8, 4) is 0 Å². The molecule has 0 amide bonds. The Hall–Kier alpha value is -1.23. The quantitative estimate of drug-likeness (QED) is 0.648. The molecule has 2 rings (SSSR count). The molecule has 0 saturated carbocycles. The van der Waals surface area contributed by atoms with Crippen molar-refractivity contribution in [2.45, 2.75) is 0 Å². The molecule has 2 heterocycles. The van der Waals surface area contributed by atoms with Gasteiger partial charge in [0.2, 0.25) is 0 Å². The molecule has 2 N–H and O–H groups in total. The standard InChI is InChI=1S/C6H4FN3S/c7-3-1-4-5(9-2-3)11-6(8)10-4/h1-2H,(H2,8,10). The number of hydrogen-bond acceptors (Lipinski definition) is 4. The van der Waals surface area contributed by atoms with Gasteiger partial charge in [-0.2, -0.15) is 0 Å². The van der Waals surface area contributed by atoms with E-state index in [9.17, 15) is 4.39 Å². The molecule has 5 heteroatoms. The maximum absolute atomic E-state index is 12.5. The molecule has 0 bridgehead atoms. The van der Waals surface area contributed by atoms with Crippen LogP contribution in [0, 0.1) is 5.82 Å². The molecule has 0 aromatic carbocycles.